The van der Waals surface area contributed by atoms with Gasteiger partial charge in [0.15, 0.2) is 0 Å². The van der Waals surface area contributed by atoms with E-state index >= 15 is 0 Å². The van der Waals surface area contributed by atoms with Crippen LogP contribution in [-0.4, -0.2) is 44.2 Å². The van der Waals surface area contributed by atoms with E-state index in [9.17, 15) is 18.0 Å². The zero-order chi connectivity index (χ0) is 20.6. The number of nitrogens with zero attached hydrogens (tertiary/aromatic N) is 2. The molecule has 7 nitrogen and oxygen atoms in total. The van der Waals surface area contributed by atoms with Crippen LogP contribution in [0.1, 0.15) is 12.8 Å². The summed E-state index contributed by atoms with van der Waals surface area (Å²) < 4.78 is 27.3. The number of carbonyl (C=O) groups is 2. The summed E-state index contributed by atoms with van der Waals surface area (Å²) in [6.07, 6.45) is 1.15. The van der Waals surface area contributed by atoms with Gasteiger partial charge in [-0.3, -0.25) is 9.59 Å². The van der Waals surface area contributed by atoms with Gasteiger partial charge in [0.25, 0.3) is 0 Å². The smallest absolute Gasteiger partial charge is 0.244 e. The molecular weight excluding hydrogens is 414 g/mol. The number of halogens is 1. The van der Waals surface area contributed by atoms with Crippen molar-refractivity contribution in [2.75, 3.05) is 29.9 Å². The molecule has 1 atom stereocenters. The third-order valence-corrected chi connectivity index (χ3v) is 7.35. The van der Waals surface area contributed by atoms with Gasteiger partial charge in [-0.1, -0.05) is 23.7 Å². The van der Waals surface area contributed by atoms with E-state index in [1.54, 1.807) is 24.3 Å². The van der Waals surface area contributed by atoms with Crippen LogP contribution in [0.4, 0.5) is 11.4 Å². The number of piperidine rings is 1. The van der Waals surface area contributed by atoms with Gasteiger partial charge in [0, 0.05) is 18.1 Å². The lowest BCUT2D eigenvalue weighted by atomic mass is 9.97. The molecule has 0 aromatic heterocycles. The lowest BCUT2D eigenvalue weighted by Crippen LogP contribution is -2.50. The van der Waals surface area contributed by atoms with Gasteiger partial charge in [-0.15, -0.1) is 0 Å². The van der Waals surface area contributed by atoms with Crippen molar-refractivity contribution in [2.24, 2.45) is 5.92 Å². The molecule has 29 heavy (non-hydrogen) atoms. The Morgan fingerprint density at radius 3 is 2.59 bits per heavy atom. The van der Waals surface area contributed by atoms with E-state index in [-0.39, 0.29) is 29.8 Å². The number of nitrogens with one attached hydrogen (secondary N) is 1. The average Bonchev–Trinajstić information content (AvgIpc) is 2.73. The molecule has 2 aromatic rings. The second kappa shape index (κ2) is 7.78. The molecule has 9 heteroatoms. The van der Waals surface area contributed by atoms with E-state index in [4.69, 9.17) is 11.6 Å². The van der Waals surface area contributed by atoms with Gasteiger partial charge < -0.3 is 10.2 Å². The number of hydrogen-bond donors (Lipinski definition) is 1. The van der Waals surface area contributed by atoms with Crippen molar-refractivity contribution in [3.63, 3.8) is 0 Å². The van der Waals surface area contributed by atoms with E-state index in [1.807, 2.05) is 0 Å². The van der Waals surface area contributed by atoms with Gasteiger partial charge in [-0.25, -0.2) is 8.42 Å². The van der Waals surface area contributed by atoms with Crippen molar-refractivity contribution in [1.82, 2.24) is 4.31 Å². The van der Waals surface area contributed by atoms with Gasteiger partial charge >= 0.3 is 0 Å². The Balaban J connectivity index is 1.57. The molecule has 0 unspecified atom stereocenters. The first-order valence-electron chi connectivity index (χ1n) is 9.32. The molecule has 2 aromatic carbocycles. The monoisotopic (exact) mass is 433 g/mol. The van der Waals surface area contributed by atoms with E-state index < -0.39 is 15.9 Å². The molecule has 1 saturated heterocycles. The highest BCUT2D eigenvalue weighted by Gasteiger charge is 2.37. The van der Waals surface area contributed by atoms with Gasteiger partial charge in [-0.2, -0.15) is 4.31 Å². The zero-order valence-electron chi connectivity index (χ0n) is 15.5. The number of sulfonamides is 1. The Morgan fingerprint density at radius 1 is 1.10 bits per heavy atom. The second-order valence-electron chi connectivity index (χ2n) is 7.15. The summed E-state index contributed by atoms with van der Waals surface area (Å²) in [6, 6.07) is 13.1. The molecule has 0 saturated carbocycles. The van der Waals surface area contributed by atoms with Crippen molar-refractivity contribution in [3.05, 3.63) is 53.6 Å². The molecule has 1 N–H and O–H groups in total. The van der Waals surface area contributed by atoms with Gasteiger partial charge in [0.1, 0.15) is 6.54 Å². The maximum absolute atomic E-state index is 13.2. The molecule has 2 aliphatic rings. The molecule has 2 heterocycles. The van der Waals surface area contributed by atoms with Crippen LogP contribution in [0, 0.1) is 5.92 Å². The first kappa shape index (κ1) is 19.9. The number of rotatable bonds is 3. The van der Waals surface area contributed by atoms with E-state index in [0.29, 0.717) is 35.8 Å². The topological polar surface area (TPSA) is 86.8 Å². The summed E-state index contributed by atoms with van der Waals surface area (Å²) in [7, 11) is -3.72. The number of anilines is 2. The van der Waals surface area contributed by atoms with Crippen molar-refractivity contribution < 1.29 is 18.0 Å². The van der Waals surface area contributed by atoms with E-state index in [1.165, 1.54) is 33.5 Å². The lowest BCUT2D eigenvalue weighted by molar-refractivity contribution is -0.125. The van der Waals surface area contributed by atoms with Crippen molar-refractivity contribution in [1.29, 1.82) is 0 Å². The van der Waals surface area contributed by atoms with Crippen LogP contribution in [-0.2, 0) is 19.6 Å². The standard InChI is InChI=1S/C20H20ClN3O4S/c21-15-7-9-16(10-8-15)29(27,28)23-11-3-4-14(12-23)20(26)24-13-19(25)22-17-5-1-2-6-18(17)24/h1-2,5-10,14H,3-4,11-13H2,(H,22,25)/t14-/m0/s1. The maximum Gasteiger partial charge on any atom is 0.244 e. The van der Waals surface area contributed by atoms with Crippen LogP contribution in [0.25, 0.3) is 0 Å². The highest BCUT2D eigenvalue weighted by atomic mass is 35.5. The number of amides is 2. The molecule has 4 rings (SSSR count). The second-order valence-corrected chi connectivity index (χ2v) is 9.52. The quantitative estimate of drug-likeness (QED) is 0.806. The van der Waals surface area contributed by atoms with Crippen LogP contribution in [0.15, 0.2) is 53.4 Å². The number of para-hydroxylation sites is 2. The Bertz CT molecular complexity index is 1060. The number of hydrogen-bond acceptors (Lipinski definition) is 4. The molecule has 0 bridgehead atoms. The number of benzene rings is 2. The minimum absolute atomic E-state index is 0.0731. The maximum atomic E-state index is 13.2. The summed E-state index contributed by atoms with van der Waals surface area (Å²) in [5, 5.41) is 3.21. The Kier molecular flexibility index (Phi) is 5.33. The molecule has 152 valence electrons. The lowest BCUT2D eigenvalue weighted by Gasteiger charge is -2.36. The highest BCUT2D eigenvalue weighted by molar-refractivity contribution is 7.89. The van der Waals surface area contributed by atoms with Crippen LogP contribution < -0.4 is 10.2 Å². The predicted octanol–water partition coefficient (Wildman–Crippen LogP) is 2.73. The summed E-state index contributed by atoms with van der Waals surface area (Å²) in [5.74, 6) is -1.01. The Labute approximate surface area is 174 Å². The first-order chi connectivity index (χ1) is 13.9. The fourth-order valence-corrected chi connectivity index (χ4v) is 5.42. The normalized spacial score (nSPS) is 20.1. The van der Waals surface area contributed by atoms with Crippen molar-refractivity contribution in [2.45, 2.75) is 17.7 Å². The predicted molar refractivity (Wildman–Crippen MR) is 110 cm³/mol. The average molecular weight is 434 g/mol. The van der Waals surface area contributed by atoms with E-state index in [2.05, 4.69) is 5.32 Å². The fraction of sp³-hybridized carbons (Fsp3) is 0.300. The summed E-state index contributed by atoms with van der Waals surface area (Å²) in [5.41, 5.74) is 1.22. The van der Waals surface area contributed by atoms with Crippen molar-refractivity contribution in [3.8, 4) is 0 Å². The van der Waals surface area contributed by atoms with Gasteiger partial charge in [0.05, 0.1) is 22.2 Å². The summed E-state index contributed by atoms with van der Waals surface area (Å²) in [4.78, 5) is 26.9. The third kappa shape index (κ3) is 3.88. The molecule has 1 fully saturated rings. The van der Waals surface area contributed by atoms with Crippen molar-refractivity contribution >= 4 is 44.8 Å². The Hall–Kier alpha value is -2.42. The molecule has 0 radical (unpaired) electrons. The van der Waals surface area contributed by atoms with Gasteiger partial charge in [-0.05, 0) is 49.2 Å². The highest BCUT2D eigenvalue weighted by Crippen LogP contribution is 2.32. The van der Waals surface area contributed by atoms with Crippen LogP contribution in [0.3, 0.4) is 0 Å². The largest absolute Gasteiger partial charge is 0.323 e. The van der Waals surface area contributed by atoms with E-state index in [0.717, 1.165) is 0 Å². The summed E-state index contributed by atoms with van der Waals surface area (Å²) in [6.45, 7) is 0.367. The van der Waals surface area contributed by atoms with Gasteiger partial charge in [0.2, 0.25) is 21.8 Å². The SMILES string of the molecule is O=C1CN(C(=O)[C@H]2CCCN(S(=O)(=O)c3ccc(Cl)cc3)C2)c2ccccc2N1. The molecule has 2 aliphatic heterocycles. The molecule has 0 aliphatic carbocycles. The first-order valence-corrected chi connectivity index (χ1v) is 11.1. The molecular formula is C20H20ClN3O4S. The van der Waals surface area contributed by atoms with Crippen LogP contribution in [0.2, 0.25) is 5.02 Å². The number of fused-ring (bicyclic) bond motifs is 1. The number of carbonyl (C=O) groups excluding carboxylic acids is 2. The molecule has 0 spiro atoms. The minimum Gasteiger partial charge on any atom is -0.323 e. The summed E-state index contributed by atoms with van der Waals surface area (Å²) >= 11 is 5.86. The van der Waals surface area contributed by atoms with Crippen LogP contribution >= 0.6 is 11.6 Å². The van der Waals surface area contributed by atoms with Crippen LogP contribution in [0.5, 0.6) is 0 Å². The minimum atomic E-state index is -3.72. The zero-order valence-corrected chi connectivity index (χ0v) is 17.1. The fourth-order valence-electron chi connectivity index (χ4n) is 3.77. The third-order valence-electron chi connectivity index (χ3n) is 5.22. The Morgan fingerprint density at radius 2 is 1.83 bits per heavy atom. The molecule has 2 amide bonds.